The highest BCUT2D eigenvalue weighted by molar-refractivity contribution is 6.14. The molecule has 1 atom stereocenters. The van der Waals surface area contributed by atoms with E-state index in [1.807, 2.05) is 17.0 Å². The van der Waals surface area contributed by atoms with Crippen LogP contribution in [0.5, 0.6) is 5.75 Å². The standard InChI is InChI=1S/C36H42FN9O3/c1-41-22-43-34(40)25-5-3-23(4-6-25)24-9-13-45(14-10-24)31(47)20-44-15-11-36(21-44)12-16-46(35(36)48)26-7-8-30(38)28(17-26)32(39)33-29(37)18-27(49-2)19-42-33/h3-8,17-19,22,24,39H,9-16,20-21,38H2,1-2H3,(H2,40,41,43)/t36-/m0/s1. The number of ether oxygens (including phenoxy) is 1. The Morgan fingerprint density at radius 2 is 1.86 bits per heavy atom. The molecule has 0 saturated carbocycles. The maximum atomic E-state index is 14.7. The van der Waals surface area contributed by atoms with Gasteiger partial charge in [-0.15, -0.1) is 0 Å². The van der Waals surface area contributed by atoms with E-state index in [9.17, 15) is 14.0 Å². The number of rotatable bonds is 9. The number of amidine groups is 1. The minimum atomic E-state index is -0.699. The van der Waals surface area contributed by atoms with Crippen LogP contribution < -0.4 is 20.7 Å². The average Bonchev–Trinajstić information content (AvgIpc) is 3.68. The van der Waals surface area contributed by atoms with E-state index in [1.54, 1.807) is 30.1 Å². The molecule has 5 N–H and O–H groups in total. The van der Waals surface area contributed by atoms with E-state index < -0.39 is 11.2 Å². The summed E-state index contributed by atoms with van der Waals surface area (Å²) in [5.41, 5.74) is 8.42. The summed E-state index contributed by atoms with van der Waals surface area (Å²) in [6.45, 7) is 3.34. The highest BCUT2D eigenvalue weighted by Crippen LogP contribution is 2.43. The number of anilines is 2. The molecule has 3 fully saturated rings. The number of nitrogen functional groups attached to an aromatic ring is 1. The van der Waals surface area contributed by atoms with Gasteiger partial charge in [0.05, 0.1) is 37.3 Å². The molecule has 256 valence electrons. The molecule has 13 heteroatoms. The number of aromatic nitrogens is 1. The van der Waals surface area contributed by atoms with Crippen molar-refractivity contribution in [2.45, 2.75) is 31.6 Å². The zero-order valence-corrected chi connectivity index (χ0v) is 27.8. The minimum Gasteiger partial charge on any atom is -0.495 e. The van der Waals surface area contributed by atoms with Crippen LogP contribution in [0, 0.1) is 22.1 Å². The number of hydrogen-bond acceptors (Lipinski definition) is 8. The number of methoxy groups -OCH3 is 1. The van der Waals surface area contributed by atoms with Crippen molar-refractivity contribution in [2.24, 2.45) is 10.4 Å². The lowest BCUT2D eigenvalue weighted by Gasteiger charge is -2.33. The number of benzene rings is 2. The Labute approximate surface area is 285 Å². The second kappa shape index (κ2) is 14.1. The number of halogens is 1. The van der Waals surface area contributed by atoms with Gasteiger partial charge in [-0.05, 0) is 61.9 Å². The SMILES string of the molecule is CN/C=N\C(=N)c1ccc(C2CCN(C(=O)CN3CC[C@]4(CCN(c5ccc(N)c(C(=N)c6ncc(OC)cc6F)c5)C4=O)C3)CC2)cc1. The van der Waals surface area contributed by atoms with Crippen LogP contribution in [0.3, 0.4) is 0 Å². The number of nitrogens with two attached hydrogens (primary N) is 1. The van der Waals surface area contributed by atoms with Crippen LogP contribution in [0.4, 0.5) is 15.8 Å². The van der Waals surface area contributed by atoms with Crippen molar-refractivity contribution < 1.29 is 18.7 Å². The molecule has 1 spiro atoms. The van der Waals surface area contributed by atoms with Gasteiger partial charge in [0.1, 0.15) is 11.4 Å². The summed E-state index contributed by atoms with van der Waals surface area (Å²) in [5, 5.41) is 19.5. The molecular weight excluding hydrogens is 625 g/mol. The Morgan fingerprint density at radius 3 is 2.55 bits per heavy atom. The second-order valence-corrected chi connectivity index (χ2v) is 13.0. The molecule has 2 aromatic carbocycles. The van der Waals surface area contributed by atoms with Crippen LogP contribution in [-0.4, -0.2) is 97.9 Å². The summed E-state index contributed by atoms with van der Waals surface area (Å²) in [6.07, 6.45) is 5.92. The van der Waals surface area contributed by atoms with Gasteiger partial charge in [0.2, 0.25) is 11.8 Å². The lowest BCUT2D eigenvalue weighted by atomic mass is 9.85. The number of amides is 2. The van der Waals surface area contributed by atoms with Gasteiger partial charge in [-0.1, -0.05) is 24.3 Å². The van der Waals surface area contributed by atoms with E-state index in [1.165, 1.54) is 31.3 Å². The highest BCUT2D eigenvalue weighted by atomic mass is 19.1. The Balaban J connectivity index is 1.04. The van der Waals surface area contributed by atoms with E-state index in [4.69, 9.17) is 21.3 Å². The predicted octanol–water partition coefficient (Wildman–Crippen LogP) is 3.64. The Bertz CT molecular complexity index is 1790. The van der Waals surface area contributed by atoms with E-state index in [2.05, 4.69) is 32.3 Å². The molecule has 49 heavy (non-hydrogen) atoms. The molecular formula is C36H42FN9O3. The summed E-state index contributed by atoms with van der Waals surface area (Å²) in [7, 11) is 3.15. The van der Waals surface area contributed by atoms with Crippen LogP contribution in [0.25, 0.3) is 0 Å². The third-order valence-electron chi connectivity index (χ3n) is 10.0. The minimum absolute atomic E-state index is 0.00532. The number of hydrogen-bond donors (Lipinski definition) is 4. The number of nitrogens with zero attached hydrogens (tertiary/aromatic N) is 5. The largest absolute Gasteiger partial charge is 0.495 e. The van der Waals surface area contributed by atoms with E-state index in [0.717, 1.165) is 18.4 Å². The summed E-state index contributed by atoms with van der Waals surface area (Å²) in [5.74, 6) is 0.187. The molecule has 4 heterocycles. The van der Waals surface area contributed by atoms with Crippen LogP contribution in [0.1, 0.15) is 54.0 Å². The molecule has 1 aromatic heterocycles. The molecule has 0 unspecified atom stereocenters. The van der Waals surface area contributed by atoms with Crippen LogP contribution in [-0.2, 0) is 9.59 Å². The topological polar surface area (TPSA) is 164 Å². The predicted molar refractivity (Wildman–Crippen MR) is 187 cm³/mol. The summed E-state index contributed by atoms with van der Waals surface area (Å²) in [6, 6.07) is 14.2. The van der Waals surface area contributed by atoms with Gasteiger partial charge in [0.25, 0.3) is 0 Å². The van der Waals surface area contributed by atoms with E-state index >= 15 is 0 Å². The zero-order chi connectivity index (χ0) is 34.7. The Kier molecular flexibility index (Phi) is 9.72. The molecule has 3 saturated heterocycles. The molecule has 3 aliphatic heterocycles. The first-order valence-electron chi connectivity index (χ1n) is 16.5. The third-order valence-corrected chi connectivity index (χ3v) is 10.0. The van der Waals surface area contributed by atoms with E-state index in [0.29, 0.717) is 57.2 Å². The van der Waals surface area contributed by atoms with Gasteiger partial charge in [0.15, 0.2) is 11.7 Å². The lowest BCUT2D eigenvalue weighted by Crippen LogP contribution is -2.44. The van der Waals surface area contributed by atoms with Crippen molar-refractivity contribution in [3.05, 3.63) is 82.9 Å². The number of carbonyl (C=O) groups excluding carboxylic acids is 2. The smallest absolute Gasteiger partial charge is 0.236 e. The summed E-state index contributed by atoms with van der Waals surface area (Å²) < 4.78 is 19.8. The van der Waals surface area contributed by atoms with Crippen molar-refractivity contribution in [3.63, 3.8) is 0 Å². The number of likely N-dealkylation sites (tertiary alicyclic amines) is 2. The van der Waals surface area contributed by atoms with Gasteiger partial charge in [0, 0.05) is 61.8 Å². The monoisotopic (exact) mass is 667 g/mol. The second-order valence-electron chi connectivity index (χ2n) is 13.0. The van der Waals surface area contributed by atoms with Crippen molar-refractivity contribution >= 4 is 41.1 Å². The maximum Gasteiger partial charge on any atom is 0.236 e. The molecule has 3 aromatic rings. The van der Waals surface area contributed by atoms with Crippen molar-refractivity contribution in [1.29, 1.82) is 10.8 Å². The first-order valence-corrected chi connectivity index (χ1v) is 16.5. The number of pyridine rings is 1. The van der Waals surface area contributed by atoms with Gasteiger partial charge >= 0.3 is 0 Å². The zero-order valence-electron chi connectivity index (χ0n) is 27.8. The normalized spacial score (nSPS) is 20.0. The quantitative estimate of drug-likeness (QED) is 0.154. The first-order chi connectivity index (χ1) is 23.6. The highest BCUT2D eigenvalue weighted by Gasteiger charge is 2.51. The fraction of sp³-hybridized carbons (Fsp3) is 0.389. The van der Waals surface area contributed by atoms with Crippen LogP contribution >= 0.6 is 0 Å². The lowest BCUT2D eigenvalue weighted by molar-refractivity contribution is -0.133. The molecule has 0 radical (unpaired) electrons. The van der Waals surface area contributed by atoms with Crippen LogP contribution in [0.2, 0.25) is 0 Å². The number of nitrogens with one attached hydrogen (secondary N) is 3. The Hall–Kier alpha value is -5.17. The third kappa shape index (κ3) is 6.89. The first kappa shape index (κ1) is 33.7. The molecule has 6 rings (SSSR count). The van der Waals surface area contributed by atoms with Crippen molar-refractivity contribution in [1.82, 2.24) is 20.1 Å². The van der Waals surface area contributed by atoms with Crippen molar-refractivity contribution in [2.75, 3.05) is 64.1 Å². The fourth-order valence-electron chi connectivity index (χ4n) is 7.18. The number of piperidine rings is 1. The molecule has 0 bridgehead atoms. The molecule has 3 aliphatic rings. The Morgan fingerprint density at radius 1 is 1.12 bits per heavy atom. The van der Waals surface area contributed by atoms with Gasteiger partial charge in [-0.2, -0.15) is 0 Å². The average molecular weight is 668 g/mol. The molecule has 12 nitrogen and oxygen atoms in total. The van der Waals surface area contributed by atoms with Crippen molar-refractivity contribution in [3.8, 4) is 5.75 Å². The van der Waals surface area contributed by atoms with Gasteiger partial charge in [-0.3, -0.25) is 25.3 Å². The summed E-state index contributed by atoms with van der Waals surface area (Å²) in [4.78, 5) is 41.1. The number of carbonyl (C=O) groups is 2. The maximum absolute atomic E-state index is 14.7. The van der Waals surface area contributed by atoms with Gasteiger partial charge < -0.3 is 25.6 Å². The van der Waals surface area contributed by atoms with Gasteiger partial charge in [-0.25, -0.2) is 14.4 Å². The molecule has 0 aliphatic carbocycles. The molecule has 2 amide bonds. The fourth-order valence-corrected chi connectivity index (χ4v) is 7.18. The van der Waals surface area contributed by atoms with Crippen LogP contribution in [0.15, 0.2) is 59.7 Å². The summed E-state index contributed by atoms with van der Waals surface area (Å²) >= 11 is 0. The number of aliphatic imine (C=N–C) groups is 1. The van der Waals surface area contributed by atoms with E-state index in [-0.39, 0.29) is 52.6 Å².